The van der Waals surface area contributed by atoms with Gasteiger partial charge >= 0.3 is 0 Å². The van der Waals surface area contributed by atoms with Crippen molar-refractivity contribution in [2.24, 2.45) is 0 Å². The van der Waals surface area contributed by atoms with Gasteiger partial charge in [-0.25, -0.2) is 24.5 Å². The molecule has 0 amide bonds. The fourth-order valence-corrected chi connectivity index (χ4v) is 7.09. The predicted octanol–water partition coefficient (Wildman–Crippen LogP) is 9.09. The lowest BCUT2D eigenvalue weighted by Gasteiger charge is -2.10. The fraction of sp³-hybridized carbons (Fsp3) is 0. The minimum absolute atomic E-state index is 0.400. The Balaban J connectivity index is 1.11. The Morgan fingerprint density at radius 1 is 0.315 bits per heavy atom. The molecule has 0 fully saturated rings. The zero-order chi connectivity index (χ0) is 36.2. The van der Waals surface area contributed by atoms with Gasteiger partial charge in [-0.05, 0) is 48.5 Å². The first kappa shape index (κ1) is 31.2. The van der Waals surface area contributed by atoms with Crippen LogP contribution in [0.25, 0.3) is 89.6 Å². The highest BCUT2D eigenvalue weighted by molar-refractivity contribution is 5.91. The Morgan fingerprint density at radius 2 is 0.630 bits per heavy atom. The van der Waals surface area contributed by atoms with E-state index in [9.17, 15) is 9.59 Å². The zero-order valence-electron chi connectivity index (χ0n) is 28.7. The molecule has 10 rings (SSSR count). The lowest BCUT2D eigenvalue weighted by atomic mass is 10.1. The second kappa shape index (κ2) is 12.6. The Labute approximate surface area is 308 Å². The van der Waals surface area contributed by atoms with E-state index in [1.165, 1.54) is 4.52 Å². The molecule has 0 bridgehead atoms. The smallest absolute Gasteiger partial charge is 0.267 e. The van der Waals surface area contributed by atoms with Crippen LogP contribution in [0.1, 0.15) is 0 Å². The summed E-state index contributed by atoms with van der Waals surface area (Å²) in [5, 5.41) is 0.800. The Morgan fingerprint density at radius 3 is 0.944 bits per heavy atom. The fourth-order valence-electron chi connectivity index (χ4n) is 7.09. The van der Waals surface area contributed by atoms with Crippen LogP contribution in [0.15, 0.2) is 179 Å². The number of benzene rings is 6. The molecule has 0 aliphatic rings. The van der Waals surface area contributed by atoms with E-state index in [2.05, 4.69) is 0 Å². The number of nitrogens with zero attached hydrogens (tertiary/aromatic N) is 6. The lowest BCUT2D eigenvalue weighted by molar-refractivity contribution is 0.841. The third-order valence-corrected chi connectivity index (χ3v) is 9.74. The Bertz CT molecular complexity index is 2800. The average molecular weight is 697 g/mol. The summed E-state index contributed by atoms with van der Waals surface area (Å²) in [6.45, 7) is 0. The van der Waals surface area contributed by atoms with Gasteiger partial charge in [0.1, 0.15) is 0 Å². The van der Waals surface area contributed by atoms with Gasteiger partial charge in [0.2, 0.25) is 0 Å². The largest absolute Gasteiger partial charge is 0.282 e. The van der Waals surface area contributed by atoms with Crippen molar-refractivity contribution in [3.05, 3.63) is 191 Å². The molecule has 0 unspecified atom stereocenters. The first-order valence-corrected chi connectivity index (χ1v) is 17.6. The van der Waals surface area contributed by atoms with Gasteiger partial charge in [-0.15, -0.1) is 0 Å². The average Bonchev–Trinajstić information content (AvgIpc) is 3.71. The maximum absolute atomic E-state index is 14.1. The molecule has 0 aliphatic heterocycles. The molecule has 4 aromatic heterocycles. The minimum atomic E-state index is -0.411. The van der Waals surface area contributed by atoms with Crippen molar-refractivity contribution in [2.75, 3.05) is 0 Å². The van der Waals surface area contributed by atoms with Crippen molar-refractivity contribution in [3.8, 4) is 67.8 Å². The van der Waals surface area contributed by atoms with Gasteiger partial charge in [0.05, 0.1) is 44.6 Å². The molecule has 0 saturated carbocycles. The third kappa shape index (κ3) is 5.24. The molecule has 0 spiro atoms. The van der Waals surface area contributed by atoms with Crippen molar-refractivity contribution in [1.82, 2.24) is 29.0 Å². The van der Waals surface area contributed by atoms with E-state index in [-0.39, 0.29) is 0 Å². The summed E-state index contributed by atoms with van der Waals surface area (Å²) in [5.74, 6) is 0.966. The summed E-state index contributed by atoms with van der Waals surface area (Å²) >= 11 is 0. The summed E-state index contributed by atoms with van der Waals surface area (Å²) < 4.78 is 2.90. The number of rotatable bonds is 6. The standard InChI is InChI=1S/C46H28N6O2/c53-45-35-25-33(43-47-37(29-13-5-1-6-14-29)27-38(48-43)30-15-7-2-8-16-30)21-23-41(35)51-42-24-22-34(26-36(42)46(54)52(45)51)44-49-39(31-17-9-3-10-18-31)28-40(50-44)32-19-11-4-12-20-32/h1-28H. The molecular formula is C46H28N6O2. The van der Waals surface area contributed by atoms with Gasteiger partial charge in [-0.1, -0.05) is 121 Å². The Kier molecular flexibility index (Phi) is 7.26. The number of fused-ring (bicyclic) bond motifs is 5. The van der Waals surface area contributed by atoms with Gasteiger partial charge in [-0.2, -0.15) is 4.52 Å². The van der Waals surface area contributed by atoms with Crippen molar-refractivity contribution in [2.45, 2.75) is 0 Å². The molecule has 0 radical (unpaired) electrons. The molecule has 8 heteroatoms. The third-order valence-electron chi connectivity index (χ3n) is 9.74. The van der Waals surface area contributed by atoms with Crippen molar-refractivity contribution < 1.29 is 0 Å². The van der Waals surface area contributed by atoms with Crippen LogP contribution in [-0.2, 0) is 0 Å². The maximum atomic E-state index is 14.1. The summed E-state index contributed by atoms with van der Waals surface area (Å²) in [6, 6.07) is 54.8. The molecule has 8 nitrogen and oxygen atoms in total. The second-order valence-electron chi connectivity index (χ2n) is 13.1. The van der Waals surface area contributed by atoms with E-state index in [1.807, 2.05) is 158 Å². The molecule has 54 heavy (non-hydrogen) atoms. The monoisotopic (exact) mass is 696 g/mol. The van der Waals surface area contributed by atoms with Crippen molar-refractivity contribution in [1.29, 1.82) is 0 Å². The lowest BCUT2D eigenvalue weighted by Crippen LogP contribution is -2.21. The van der Waals surface area contributed by atoms with E-state index >= 15 is 0 Å². The highest BCUT2D eigenvalue weighted by atomic mass is 16.2. The molecule has 0 atom stereocenters. The van der Waals surface area contributed by atoms with Crippen LogP contribution in [0.4, 0.5) is 0 Å². The van der Waals surface area contributed by atoms with E-state index in [4.69, 9.17) is 19.9 Å². The zero-order valence-corrected chi connectivity index (χ0v) is 28.7. The van der Waals surface area contributed by atoms with Gasteiger partial charge in [-0.3, -0.25) is 9.59 Å². The molecule has 4 heterocycles. The van der Waals surface area contributed by atoms with Crippen LogP contribution in [0, 0.1) is 0 Å². The Hall–Kier alpha value is -7.58. The first-order valence-electron chi connectivity index (χ1n) is 17.6. The number of hydrogen-bond acceptors (Lipinski definition) is 6. The number of aromatic nitrogens is 6. The van der Waals surface area contributed by atoms with Crippen LogP contribution in [0.3, 0.4) is 0 Å². The first-order chi connectivity index (χ1) is 26.6. The van der Waals surface area contributed by atoms with Crippen LogP contribution >= 0.6 is 0 Å². The SMILES string of the molecule is O=c1c2cc(-c3nc(-c4ccccc4)cc(-c4ccccc4)n3)ccc2n2c3ccc(-c4nc(-c5ccccc5)cc(-c5ccccc5)n4)cc3c(=O)n12. The van der Waals surface area contributed by atoms with Crippen molar-refractivity contribution >= 4 is 21.8 Å². The molecule has 6 aromatic carbocycles. The van der Waals surface area contributed by atoms with Crippen LogP contribution < -0.4 is 11.1 Å². The normalized spacial score (nSPS) is 11.5. The summed E-state index contributed by atoms with van der Waals surface area (Å²) in [6.07, 6.45) is 0. The highest BCUT2D eigenvalue weighted by Crippen LogP contribution is 2.31. The molecule has 254 valence electrons. The van der Waals surface area contributed by atoms with Gasteiger partial charge in [0.25, 0.3) is 11.1 Å². The van der Waals surface area contributed by atoms with Gasteiger partial charge in [0.15, 0.2) is 11.6 Å². The van der Waals surface area contributed by atoms with Crippen LogP contribution in [-0.4, -0.2) is 29.0 Å². The molecule has 0 aliphatic carbocycles. The van der Waals surface area contributed by atoms with Gasteiger partial charge in [0, 0.05) is 33.4 Å². The summed E-state index contributed by atoms with van der Waals surface area (Å²) in [5.41, 5.74) is 8.64. The van der Waals surface area contributed by atoms with Crippen molar-refractivity contribution in [3.63, 3.8) is 0 Å². The second-order valence-corrected chi connectivity index (χ2v) is 13.1. The maximum Gasteiger partial charge on any atom is 0.282 e. The molecular weight excluding hydrogens is 669 g/mol. The van der Waals surface area contributed by atoms with E-state index in [0.29, 0.717) is 44.6 Å². The molecule has 10 aromatic rings. The summed E-state index contributed by atoms with van der Waals surface area (Å²) in [7, 11) is 0. The topological polar surface area (TPSA) is 94.5 Å². The predicted molar refractivity (Wildman–Crippen MR) is 213 cm³/mol. The summed E-state index contributed by atoms with van der Waals surface area (Å²) in [4.78, 5) is 47.9. The quantitative estimate of drug-likeness (QED) is 0.172. The van der Waals surface area contributed by atoms with Crippen LogP contribution in [0.5, 0.6) is 0 Å². The van der Waals surface area contributed by atoms with E-state index < -0.39 is 11.1 Å². The minimum Gasteiger partial charge on any atom is -0.267 e. The molecule has 0 saturated heterocycles. The van der Waals surface area contributed by atoms with E-state index in [0.717, 1.165) is 45.0 Å². The highest BCUT2D eigenvalue weighted by Gasteiger charge is 2.21. The number of hydrogen-bond donors (Lipinski definition) is 0. The molecule has 0 N–H and O–H groups in total. The van der Waals surface area contributed by atoms with Crippen LogP contribution in [0.2, 0.25) is 0 Å². The van der Waals surface area contributed by atoms with Gasteiger partial charge < -0.3 is 0 Å². The van der Waals surface area contributed by atoms with E-state index in [1.54, 1.807) is 16.6 Å².